The third-order valence-electron chi connectivity index (χ3n) is 1.18. The highest BCUT2D eigenvalue weighted by Crippen LogP contribution is 2.14. The molecule has 0 saturated heterocycles. The summed E-state index contributed by atoms with van der Waals surface area (Å²) < 4.78 is 0.931. The highest BCUT2D eigenvalue weighted by molar-refractivity contribution is 9.11. The molecule has 0 spiro atoms. The molecule has 50 valence electrons. The van der Waals surface area contributed by atoms with Crippen LogP contribution in [0.4, 0.5) is 0 Å². The highest BCUT2D eigenvalue weighted by Gasteiger charge is 2.04. The van der Waals surface area contributed by atoms with Crippen molar-refractivity contribution in [2.45, 2.75) is 13.0 Å². The van der Waals surface area contributed by atoms with Crippen molar-refractivity contribution in [2.75, 3.05) is 0 Å². The number of rotatable bonds is 0. The second-order valence-electron chi connectivity index (χ2n) is 2.07. The minimum Gasteiger partial charge on any atom is -0.398 e. The lowest BCUT2D eigenvalue weighted by Gasteiger charge is -2.14. The number of dihydropyridines is 1. The van der Waals surface area contributed by atoms with Gasteiger partial charge in [0.15, 0.2) is 0 Å². The van der Waals surface area contributed by atoms with E-state index in [2.05, 4.69) is 21.2 Å². The van der Waals surface area contributed by atoms with E-state index in [1.54, 1.807) is 0 Å². The van der Waals surface area contributed by atoms with Crippen LogP contribution in [0.15, 0.2) is 22.5 Å². The van der Waals surface area contributed by atoms with E-state index in [0.717, 1.165) is 10.2 Å². The molecule has 0 bridgehead atoms. The van der Waals surface area contributed by atoms with Gasteiger partial charge in [0.2, 0.25) is 0 Å². The van der Waals surface area contributed by atoms with E-state index in [0.29, 0.717) is 6.04 Å². The molecule has 1 atom stereocenters. The van der Waals surface area contributed by atoms with E-state index in [9.17, 15) is 0 Å². The fourth-order valence-electron chi connectivity index (χ4n) is 0.685. The van der Waals surface area contributed by atoms with E-state index >= 15 is 0 Å². The summed E-state index contributed by atoms with van der Waals surface area (Å²) in [6, 6.07) is 0.353. The molecule has 9 heavy (non-hydrogen) atoms. The number of nitrogens with two attached hydrogens (primary N) is 1. The van der Waals surface area contributed by atoms with Gasteiger partial charge in [0.1, 0.15) is 0 Å². The van der Waals surface area contributed by atoms with Gasteiger partial charge in [-0.1, -0.05) is 0 Å². The average molecular weight is 189 g/mol. The van der Waals surface area contributed by atoms with Gasteiger partial charge < -0.3 is 11.1 Å². The second-order valence-corrected chi connectivity index (χ2v) is 2.92. The first-order chi connectivity index (χ1) is 4.20. The molecule has 0 amide bonds. The van der Waals surface area contributed by atoms with E-state index in [1.165, 1.54) is 0 Å². The zero-order valence-corrected chi connectivity index (χ0v) is 6.77. The van der Waals surface area contributed by atoms with Crippen molar-refractivity contribution < 1.29 is 0 Å². The Balaban J connectivity index is 2.75. The molecular formula is C6H9BrN2. The van der Waals surface area contributed by atoms with Crippen LogP contribution < -0.4 is 11.1 Å². The van der Waals surface area contributed by atoms with Crippen LogP contribution in [0, 0.1) is 0 Å². The monoisotopic (exact) mass is 188 g/mol. The molecular weight excluding hydrogens is 180 g/mol. The summed E-state index contributed by atoms with van der Waals surface area (Å²) in [6.45, 7) is 2.04. The zero-order chi connectivity index (χ0) is 6.85. The van der Waals surface area contributed by atoms with Gasteiger partial charge in [-0.15, -0.1) is 0 Å². The van der Waals surface area contributed by atoms with Crippen molar-refractivity contribution in [3.63, 3.8) is 0 Å². The van der Waals surface area contributed by atoms with Crippen molar-refractivity contribution in [1.82, 2.24) is 5.32 Å². The summed E-state index contributed by atoms with van der Waals surface area (Å²) in [5, 5.41) is 3.10. The molecule has 0 aromatic rings. The Morgan fingerprint density at radius 1 is 1.78 bits per heavy atom. The van der Waals surface area contributed by atoms with Crippen LogP contribution in [-0.4, -0.2) is 6.04 Å². The summed E-state index contributed by atoms with van der Waals surface area (Å²) >= 11 is 3.29. The van der Waals surface area contributed by atoms with Gasteiger partial charge in [-0.2, -0.15) is 0 Å². The van der Waals surface area contributed by atoms with E-state index in [4.69, 9.17) is 5.73 Å². The number of hydrogen-bond donors (Lipinski definition) is 2. The summed E-state index contributed by atoms with van der Waals surface area (Å²) in [6.07, 6.45) is 3.82. The lowest BCUT2D eigenvalue weighted by Crippen LogP contribution is -2.23. The van der Waals surface area contributed by atoms with Crippen molar-refractivity contribution >= 4 is 15.9 Å². The Bertz CT molecular complexity index is 172. The number of halogens is 1. The number of allylic oxidation sites excluding steroid dienone is 1. The van der Waals surface area contributed by atoms with Gasteiger partial charge in [0.05, 0.1) is 4.48 Å². The molecule has 2 nitrogen and oxygen atoms in total. The summed E-state index contributed by atoms with van der Waals surface area (Å²) in [5.74, 6) is 0. The lowest BCUT2D eigenvalue weighted by atomic mass is 10.2. The summed E-state index contributed by atoms with van der Waals surface area (Å²) in [5.41, 5.74) is 6.38. The molecule has 1 aliphatic heterocycles. The maximum Gasteiger partial charge on any atom is 0.0559 e. The molecule has 1 unspecified atom stereocenters. The summed E-state index contributed by atoms with van der Waals surface area (Å²) in [7, 11) is 0. The Labute approximate surface area is 62.9 Å². The van der Waals surface area contributed by atoms with Crippen molar-refractivity contribution in [1.29, 1.82) is 0 Å². The largest absolute Gasteiger partial charge is 0.398 e. The van der Waals surface area contributed by atoms with Crippen molar-refractivity contribution in [2.24, 2.45) is 5.73 Å². The normalized spacial score (nSPS) is 26.2. The predicted octanol–water partition coefficient (Wildman–Crippen LogP) is 1.06. The van der Waals surface area contributed by atoms with E-state index < -0.39 is 0 Å². The first-order valence-electron chi connectivity index (χ1n) is 2.79. The molecule has 3 heteroatoms. The Hall–Kier alpha value is -0.440. The van der Waals surface area contributed by atoms with E-state index in [-0.39, 0.29) is 0 Å². The fraction of sp³-hybridized carbons (Fsp3) is 0.333. The molecule has 1 heterocycles. The van der Waals surface area contributed by atoms with Crippen LogP contribution in [0.1, 0.15) is 6.92 Å². The molecule has 0 aromatic heterocycles. The van der Waals surface area contributed by atoms with Gasteiger partial charge >= 0.3 is 0 Å². The van der Waals surface area contributed by atoms with Crippen molar-refractivity contribution in [3.8, 4) is 0 Å². The minimum absolute atomic E-state index is 0.353. The lowest BCUT2D eigenvalue weighted by molar-refractivity contribution is 0.750. The van der Waals surface area contributed by atoms with Gasteiger partial charge in [-0.3, -0.25) is 0 Å². The third kappa shape index (κ3) is 1.48. The fourth-order valence-corrected chi connectivity index (χ4v) is 0.949. The van der Waals surface area contributed by atoms with E-state index in [1.807, 2.05) is 19.2 Å². The van der Waals surface area contributed by atoms with Crippen molar-refractivity contribution in [3.05, 3.63) is 22.5 Å². The van der Waals surface area contributed by atoms with Crippen LogP contribution in [0.5, 0.6) is 0 Å². The standard InChI is InChI=1S/C6H9BrN2/c1-4-2-6(8)5(7)3-9-4/h2-4,9H,8H2,1H3. The van der Waals surface area contributed by atoms with Crippen LogP contribution >= 0.6 is 15.9 Å². The average Bonchev–Trinajstić information content (AvgIpc) is 1.80. The topological polar surface area (TPSA) is 38.0 Å². The molecule has 1 rings (SSSR count). The molecule has 1 aliphatic rings. The molecule has 3 N–H and O–H groups in total. The summed E-state index contributed by atoms with van der Waals surface area (Å²) in [4.78, 5) is 0. The van der Waals surface area contributed by atoms with Gasteiger partial charge in [0, 0.05) is 17.9 Å². The Kier molecular flexibility index (Phi) is 1.81. The predicted molar refractivity (Wildman–Crippen MR) is 41.9 cm³/mol. The van der Waals surface area contributed by atoms with Gasteiger partial charge in [0.25, 0.3) is 0 Å². The molecule has 0 fully saturated rings. The molecule has 0 saturated carbocycles. The first kappa shape index (κ1) is 6.68. The van der Waals surface area contributed by atoms with Crippen LogP contribution in [0.2, 0.25) is 0 Å². The quantitative estimate of drug-likeness (QED) is 0.597. The maximum atomic E-state index is 5.57. The van der Waals surface area contributed by atoms with Crippen LogP contribution in [-0.2, 0) is 0 Å². The maximum absolute atomic E-state index is 5.57. The van der Waals surface area contributed by atoms with Crippen LogP contribution in [0.3, 0.4) is 0 Å². The Morgan fingerprint density at radius 3 is 2.89 bits per heavy atom. The zero-order valence-electron chi connectivity index (χ0n) is 5.19. The molecule has 0 aromatic carbocycles. The number of nitrogens with one attached hydrogen (secondary N) is 1. The van der Waals surface area contributed by atoms with Crippen LogP contribution in [0.25, 0.3) is 0 Å². The first-order valence-corrected chi connectivity index (χ1v) is 3.59. The number of hydrogen-bond acceptors (Lipinski definition) is 2. The third-order valence-corrected chi connectivity index (χ3v) is 1.87. The van der Waals surface area contributed by atoms with Gasteiger partial charge in [-0.05, 0) is 28.9 Å². The second kappa shape index (κ2) is 2.43. The smallest absolute Gasteiger partial charge is 0.0559 e. The highest BCUT2D eigenvalue weighted by atomic mass is 79.9. The SMILES string of the molecule is CC1C=C(N)C(Br)=CN1. The minimum atomic E-state index is 0.353. The Morgan fingerprint density at radius 2 is 2.44 bits per heavy atom. The molecule has 0 radical (unpaired) electrons. The van der Waals surface area contributed by atoms with Gasteiger partial charge in [-0.25, -0.2) is 0 Å². The molecule has 0 aliphatic carbocycles.